The number of aryl methyl sites for hydroxylation is 1. The van der Waals surface area contributed by atoms with E-state index in [4.69, 9.17) is 18.0 Å². The fourth-order valence-corrected chi connectivity index (χ4v) is 2.61. The summed E-state index contributed by atoms with van der Waals surface area (Å²) in [6.07, 6.45) is 2.21. The molecule has 1 atom stereocenters. The van der Waals surface area contributed by atoms with Crippen molar-refractivity contribution < 1.29 is 0 Å². The Bertz CT molecular complexity index is 406. The SMILES string of the molecule is CN(C(N)=S)C1CCc2ccc(Br)cc21. The zero-order chi connectivity index (χ0) is 11.0. The molecule has 80 valence electrons. The van der Waals surface area contributed by atoms with Crippen LogP contribution in [0.4, 0.5) is 0 Å². The van der Waals surface area contributed by atoms with Gasteiger partial charge in [0.05, 0.1) is 6.04 Å². The van der Waals surface area contributed by atoms with E-state index in [1.54, 1.807) is 0 Å². The Morgan fingerprint density at radius 1 is 1.60 bits per heavy atom. The predicted octanol–water partition coefficient (Wildman–Crippen LogP) is 2.61. The van der Waals surface area contributed by atoms with Crippen LogP contribution >= 0.6 is 28.1 Å². The van der Waals surface area contributed by atoms with E-state index < -0.39 is 0 Å². The van der Waals surface area contributed by atoms with Crippen LogP contribution in [0.3, 0.4) is 0 Å². The van der Waals surface area contributed by atoms with Crippen molar-refractivity contribution in [1.82, 2.24) is 4.90 Å². The minimum atomic E-state index is 0.343. The Kier molecular flexibility index (Phi) is 2.98. The fraction of sp³-hybridized carbons (Fsp3) is 0.364. The van der Waals surface area contributed by atoms with E-state index in [2.05, 4.69) is 34.1 Å². The fourth-order valence-electron chi connectivity index (χ4n) is 2.11. The number of nitrogens with zero attached hydrogens (tertiary/aromatic N) is 1. The van der Waals surface area contributed by atoms with Crippen LogP contribution in [0.25, 0.3) is 0 Å². The van der Waals surface area contributed by atoms with Crippen molar-refractivity contribution in [3.05, 3.63) is 33.8 Å². The highest BCUT2D eigenvalue weighted by Crippen LogP contribution is 2.36. The molecule has 15 heavy (non-hydrogen) atoms. The summed E-state index contributed by atoms with van der Waals surface area (Å²) in [5.74, 6) is 0. The van der Waals surface area contributed by atoms with E-state index in [-0.39, 0.29) is 0 Å². The number of thiocarbonyl (C=S) groups is 1. The highest BCUT2D eigenvalue weighted by atomic mass is 79.9. The third-order valence-electron chi connectivity index (χ3n) is 2.97. The van der Waals surface area contributed by atoms with Crippen molar-refractivity contribution in [3.63, 3.8) is 0 Å². The molecule has 2 N–H and O–H groups in total. The van der Waals surface area contributed by atoms with Crippen LogP contribution in [0.5, 0.6) is 0 Å². The lowest BCUT2D eigenvalue weighted by Crippen LogP contribution is -2.34. The molecule has 0 spiro atoms. The van der Waals surface area contributed by atoms with Crippen LogP contribution < -0.4 is 5.73 Å². The summed E-state index contributed by atoms with van der Waals surface area (Å²) in [5.41, 5.74) is 8.41. The van der Waals surface area contributed by atoms with Gasteiger partial charge in [0.15, 0.2) is 5.11 Å². The molecular formula is C11H13BrN2S. The van der Waals surface area contributed by atoms with Crippen LogP contribution in [0.1, 0.15) is 23.6 Å². The first kappa shape index (κ1) is 10.9. The summed E-state index contributed by atoms with van der Waals surface area (Å²) in [5, 5.41) is 0.466. The number of fused-ring (bicyclic) bond motifs is 1. The predicted molar refractivity (Wildman–Crippen MR) is 69.8 cm³/mol. The quantitative estimate of drug-likeness (QED) is 0.804. The normalized spacial score (nSPS) is 18.7. The largest absolute Gasteiger partial charge is 0.376 e. The molecule has 0 amide bonds. The van der Waals surface area contributed by atoms with Gasteiger partial charge in [0.25, 0.3) is 0 Å². The van der Waals surface area contributed by atoms with Crippen LogP contribution in [-0.4, -0.2) is 17.1 Å². The van der Waals surface area contributed by atoms with E-state index in [9.17, 15) is 0 Å². The minimum Gasteiger partial charge on any atom is -0.376 e. The molecule has 1 aromatic rings. The molecule has 0 saturated carbocycles. The topological polar surface area (TPSA) is 29.3 Å². The molecule has 0 heterocycles. The molecule has 0 saturated heterocycles. The first-order chi connectivity index (χ1) is 7.09. The molecule has 2 nitrogen and oxygen atoms in total. The maximum Gasteiger partial charge on any atom is 0.166 e. The van der Waals surface area contributed by atoms with Crippen molar-refractivity contribution in [3.8, 4) is 0 Å². The highest BCUT2D eigenvalue weighted by Gasteiger charge is 2.26. The van der Waals surface area contributed by atoms with E-state index in [1.165, 1.54) is 11.1 Å². The summed E-state index contributed by atoms with van der Waals surface area (Å²) in [7, 11) is 1.96. The molecule has 1 aromatic carbocycles. The molecule has 0 aromatic heterocycles. The number of rotatable bonds is 1. The molecule has 0 bridgehead atoms. The standard InChI is InChI=1S/C11H13BrN2S/c1-14(11(13)15)10-5-3-7-2-4-8(12)6-9(7)10/h2,4,6,10H,3,5H2,1H3,(H2,13,15). The second-order valence-electron chi connectivity index (χ2n) is 3.85. The molecule has 1 aliphatic carbocycles. The molecule has 0 aliphatic heterocycles. The zero-order valence-corrected chi connectivity index (χ0v) is 10.9. The third-order valence-corrected chi connectivity index (χ3v) is 3.75. The lowest BCUT2D eigenvalue weighted by atomic mass is 10.1. The summed E-state index contributed by atoms with van der Waals surface area (Å²) >= 11 is 8.50. The second-order valence-corrected chi connectivity index (χ2v) is 5.18. The summed E-state index contributed by atoms with van der Waals surface area (Å²) in [6, 6.07) is 6.77. The van der Waals surface area contributed by atoms with Crippen molar-refractivity contribution >= 4 is 33.3 Å². The Morgan fingerprint density at radius 3 is 3.00 bits per heavy atom. The highest BCUT2D eigenvalue weighted by molar-refractivity contribution is 9.10. The van der Waals surface area contributed by atoms with Gasteiger partial charge in [-0.05, 0) is 48.3 Å². The maximum absolute atomic E-state index is 5.66. The smallest absolute Gasteiger partial charge is 0.166 e. The van der Waals surface area contributed by atoms with Gasteiger partial charge in [-0.15, -0.1) is 0 Å². The van der Waals surface area contributed by atoms with Crippen molar-refractivity contribution in [2.24, 2.45) is 5.73 Å². The van der Waals surface area contributed by atoms with Crippen LogP contribution in [-0.2, 0) is 6.42 Å². The molecule has 1 unspecified atom stereocenters. The van der Waals surface area contributed by atoms with Crippen molar-refractivity contribution in [2.45, 2.75) is 18.9 Å². The number of benzene rings is 1. The Morgan fingerprint density at radius 2 is 2.33 bits per heavy atom. The molecule has 4 heteroatoms. The van der Waals surface area contributed by atoms with Crippen LogP contribution in [0.15, 0.2) is 22.7 Å². The first-order valence-corrected chi connectivity index (χ1v) is 6.10. The summed E-state index contributed by atoms with van der Waals surface area (Å²) in [4.78, 5) is 1.98. The van der Waals surface area contributed by atoms with Gasteiger partial charge in [0, 0.05) is 11.5 Å². The third kappa shape index (κ3) is 2.01. The van der Waals surface area contributed by atoms with Gasteiger partial charge in [0.1, 0.15) is 0 Å². The van der Waals surface area contributed by atoms with Gasteiger partial charge in [-0.1, -0.05) is 22.0 Å². The molecule has 1 aliphatic rings. The molecular weight excluding hydrogens is 272 g/mol. The van der Waals surface area contributed by atoms with Gasteiger partial charge in [0.2, 0.25) is 0 Å². The molecule has 0 fully saturated rings. The lowest BCUT2D eigenvalue weighted by Gasteiger charge is -2.25. The van der Waals surface area contributed by atoms with Crippen molar-refractivity contribution in [2.75, 3.05) is 7.05 Å². The average Bonchev–Trinajstić information content (AvgIpc) is 2.59. The van der Waals surface area contributed by atoms with E-state index in [0.29, 0.717) is 11.2 Å². The second kappa shape index (κ2) is 4.10. The van der Waals surface area contributed by atoms with Crippen LogP contribution in [0, 0.1) is 0 Å². The summed E-state index contributed by atoms with van der Waals surface area (Å²) < 4.78 is 1.12. The van der Waals surface area contributed by atoms with Gasteiger partial charge in [-0.3, -0.25) is 0 Å². The first-order valence-electron chi connectivity index (χ1n) is 4.90. The van der Waals surface area contributed by atoms with E-state index in [0.717, 1.165) is 17.3 Å². The van der Waals surface area contributed by atoms with Gasteiger partial charge in [-0.25, -0.2) is 0 Å². The Labute approximate surface area is 104 Å². The monoisotopic (exact) mass is 284 g/mol. The lowest BCUT2D eigenvalue weighted by molar-refractivity contribution is 0.376. The zero-order valence-electron chi connectivity index (χ0n) is 8.53. The van der Waals surface area contributed by atoms with Gasteiger partial charge in [-0.2, -0.15) is 0 Å². The molecule has 2 rings (SSSR count). The van der Waals surface area contributed by atoms with Crippen LogP contribution in [0.2, 0.25) is 0 Å². The average molecular weight is 285 g/mol. The van der Waals surface area contributed by atoms with E-state index in [1.807, 2.05) is 11.9 Å². The summed E-state index contributed by atoms with van der Waals surface area (Å²) in [6.45, 7) is 0. The van der Waals surface area contributed by atoms with Gasteiger partial charge < -0.3 is 10.6 Å². The Hall–Kier alpha value is -0.610. The Balaban J connectivity index is 2.35. The number of nitrogens with two attached hydrogens (primary N) is 1. The number of halogens is 1. The maximum atomic E-state index is 5.66. The minimum absolute atomic E-state index is 0.343. The number of hydrogen-bond acceptors (Lipinski definition) is 1. The van der Waals surface area contributed by atoms with Crippen molar-refractivity contribution in [1.29, 1.82) is 0 Å². The van der Waals surface area contributed by atoms with Gasteiger partial charge >= 0.3 is 0 Å². The molecule has 0 radical (unpaired) electrons. The number of hydrogen-bond donors (Lipinski definition) is 1. The van der Waals surface area contributed by atoms with E-state index >= 15 is 0 Å².